The average molecular weight is 268 g/mol. The molecule has 1 aromatic heterocycles. The van der Waals surface area contributed by atoms with Gasteiger partial charge in [0, 0.05) is 17.1 Å². The predicted molar refractivity (Wildman–Crippen MR) is 72.8 cm³/mol. The van der Waals surface area contributed by atoms with Crippen LogP contribution >= 0.6 is 22.9 Å². The zero-order valence-electron chi connectivity index (χ0n) is 9.32. The van der Waals surface area contributed by atoms with Gasteiger partial charge in [-0.25, -0.2) is 0 Å². The van der Waals surface area contributed by atoms with Crippen molar-refractivity contribution >= 4 is 22.9 Å². The Hall–Kier alpha value is -1.03. The Morgan fingerprint density at radius 2 is 2.18 bits per heavy atom. The van der Waals surface area contributed by atoms with Crippen molar-refractivity contribution in [2.45, 2.75) is 13.0 Å². The Balaban J connectivity index is 1.80. The van der Waals surface area contributed by atoms with Crippen LogP contribution in [0.3, 0.4) is 0 Å². The van der Waals surface area contributed by atoms with Crippen LogP contribution in [-0.2, 0) is 13.0 Å². The summed E-state index contributed by atoms with van der Waals surface area (Å²) in [6.07, 6.45) is 1.00. The van der Waals surface area contributed by atoms with Gasteiger partial charge in [-0.15, -0.1) is 0 Å². The average Bonchev–Trinajstić information content (AvgIpc) is 2.82. The van der Waals surface area contributed by atoms with E-state index >= 15 is 0 Å². The summed E-state index contributed by atoms with van der Waals surface area (Å²) in [7, 11) is 0. The molecule has 2 N–H and O–H groups in total. The molecule has 0 unspecified atom stereocenters. The lowest BCUT2D eigenvalue weighted by molar-refractivity contribution is 0.464. The Labute approximate surface area is 110 Å². The fourth-order valence-corrected chi connectivity index (χ4v) is 2.48. The Morgan fingerprint density at radius 1 is 1.29 bits per heavy atom. The van der Waals surface area contributed by atoms with Crippen LogP contribution in [-0.4, -0.2) is 11.7 Å². The lowest BCUT2D eigenvalue weighted by Crippen LogP contribution is -2.16. The molecule has 0 saturated heterocycles. The zero-order chi connectivity index (χ0) is 12.1. The van der Waals surface area contributed by atoms with Crippen molar-refractivity contribution in [3.8, 4) is 5.75 Å². The number of halogens is 1. The number of aromatic hydroxyl groups is 1. The first-order valence-electron chi connectivity index (χ1n) is 5.45. The number of rotatable bonds is 5. The molecule has 90 valence electrons. The SMILES string of the molecule is Oc1ccc(Cl)cc1CNCCc1ccsc1. The standard InChI is InChI=1S/C13H14ClNOS/c14-12-1-2-13(16)11(7-12)8-15-5-3-10-4-6-17-9-10/h1-2,4,6-7,9,15-16H,3,5,8H2. The number of hydrogen-bond acceptors (Lipinski definition) is 3. The van der Waals surface area contributed by atoms with Crippen LogP contribution in [0.25, 0.3) is 0 Å². The van der Waals surface area contributed by atoms with Gasteiger partial charge >= 0.3 is 0 Å². The number of benzene rings is 1. The van der Waals surface area contributed by atoms with Crippen LogP contribution in [0.4, 0.5) is 0 Å². The van der Waals surface area contributed by atoms with Crippen LogP contribution in [0.5, 0.6) is 5.75 Å². The van der Waals surface area contributed by atoms with E-state index in [2.05, 4.69) is 22.1 Å². The van der Waals surface area contributed by atoms with Crippen LogP contribution in [0, 0.1) is 0 Å². The highest BCUT2D eigenvalue weighted by Crippen LogP contribution is 2.21. The van der Waals surface area contributed by atoms with E-state index in [-0.39, 0.29) is 5.75 Å². The van der Waals surface area contributed by atoms with Gasteiger partial charge in [-0.2, -0.15) is 11.3 Å². The molecule has 2 rings (SSSR count). The number of phenols is 1. The first kappa shape index (κ1) is 12.4. The summed E-state index contributed by atoms with van der Waals surface area (Å²) in [4.78, 5) is 0. The van der Waals surface area contributed by atoms with Gasteiger partial charge < -0.3 is 10.4 Å². The second-order valence-corrected chi connectivity index (χ2v) is 5.05. The van der Waals surface area contributed by atoms with Crippen LogP contribution in [0.1, 0.15) is 11.1 Å². The normalized spacial score (nSPS) is 10.6. The molecule has 0 aliphatic carbocycles. The maximum absolute atomic E-state index is 9.62. The van der Waals surface area contributed by atoms with Crippen LogP contribution < -0.4 is 5.32 Å². The van der Waals surface area contributed by atoms with Crippen molar-refractivity contribution in [3.05, 3.63) is 51.2 Å². The van der Waals surface area contributed by atoms with Gasteiger partial charge in [0.25, 0.3) is 0 Å². The molecule has 2 nitrogen and oxygen atoms in total. The lowest BCUT2D eigenvalue weighted by atomic mass is 10.2. The fourth-order valence-electron chi connectivity index (χ4n) is 1.59. The van der Waals surface area contributed by atoms with Crippen molar-refractivity contribution in [1.29, 1.82) is 0 Å². The second kappa shape index (κ2) is 6.05. The third-order valence-corrected chi connectivity index (χ3v) is 3.49. The molecule has 0 amide bonds. The third kappa shape index (κ3) is 3.73. The maximum atomic E-state index is 9.62. The van der Waals surface area contributed by atoms with Crippen molar-refractivity contribution in [2.75, 3.05) is 6.54 Å². The summed E-state index contributed by atoms with van der Waals surface area (Å²) in [5.74, 6) is 0.289. The molecule has 0 fully saturated rings. The molecule has 0 radical (unpaired) electrons. The Kier molecular flexibility index (Phi) is 4.42. The summed E-state index contributed by atoms with van der Waals surface area (Å²) >= 11 is 7.59. The molecule has 4 heteroatoms. The molecule has 1 aromatic carbocycles. The van der Waals surface area contributed by atoms with E-state index in [1.165, 1.54) is 5.56 Å². The van der Waals surface area contributed by atoms with Gasteiger partial charge in [-0.05, 0) is 53.6 Å². The third-order valence-electron chi connectivity index (χ3n) is 2.53. The molecule has 0 bridgehead atoms. The highest BCUT2D eigenvalue weighted by Gasteiger charge is 2.01. The Bertz CT molecular complexity index is 470. The van der Waals surface area contributed by atoms with Crippen molar-refractivity contribution in [2.24, 2.45) is 0 Å². The topological polar surface area (TPSA) is 32.3 Å². The smallest absolute Gasteiger partial charge is 0.120 e. The molecule has 17 heavy (non-hydrogen) atoms. The molecular weight excluding hydrogens is 254 g/mol. The molecule has 0 saturated carbocycles. The zero-order valence-corrected chi connectivity index (χ0v) is 10.9. The van der Waals surface area contributed by atoms with E-state index in [9.17, 15) is 5.11 Å². The van der Waals surface area contributed by atoms with Crippen molar-refractivity contribution in [1.82, 2.24) is 5.32 Å². The highest BCUT2D eigenvalue weighted by atomic mass is 35.5. The minimum atomic E-state index is 0.289. The number of hydrogen-bond donors (Lipinski definition) is 2. The van der Waals surface area contributed by atoms with E-state index in [0.29, 0.717) is 11.6 Å². The number of thiophene rings is 1. The summed E-state index contributed by atoms with van der Waals surface area (Å²) in [5, 5.41) is 17.8. The molecule has 0 atom stereocenters. The number of nitrogens with one attached hydrogen (secondary N) is 1. The maximum Gasteiger partial charge on any atom is 0.120 e. The van der Waals surface area contributed by atoms with Gasteiger partial charge in [0.15, 0.2) is 0 Å². The molecule has 1 heterocycles. The quantitative estimate of drug-likeness (QED) is 0.814. The van der Waals surface area contributed by atoms with Gasteiger partial charge in [0.05, 0.1) is 0 Å². The van der Waals surface area contributed by atoms with E-state index in [4.69, 9.17) is 11.6 Å². The lowest BCUT2D eigenvalue weighted by Gasteiger charge is -2.06. The summed E-state index contributed by atoms with van der Waals surface area (Å²) in [6.45, 7) is 1.53. The first-order valence-corrected chi connectivity index (χ1v) is 6.77. The molecular formula is C13H14ClNOS. The van der Waals surface area contributed by atoms with E-state index in [1.54, 1.807) is 29.5 Å². The van der Waals surface area contributed by atoms with Crippen LogP contribution in [0.15, 0.2) is 35.0 Å². The molecule has 0 aliphatic rings. The fraction of sp³-hybridized carbons (Fsp3) is 0.231. The summed E-state index contributed by atoms with van der Waals surface area (Å²) in [6, 6.07) is 7.22. The van der Waals surface area contributed by atoms with E-state index < -0.39 is 0 Å². The largest absolute Gasteiger partial charge is 0.508 e. The minimum absolute atomic E-state index is 0.289. The van der Waals surface area contributed by atoms with E-state index in [1.807, 2.05) is 0 Å². The number of phenolic OH excluding ortho intramolecular Hbond substituents is 1. The Morgan fingerprint density at radius 3 is 2.94 bits per heavy atom. The first-order chi connectivity index (χ1) is 8.25. The highest BCUT2D eigenvalue weighted by molar-refractivity contribution is 7.07. The monoisotopic (exact) mass is 267 g/mol. The summed E-state index contributed by atoms with van der Waals surface area (Å²) < 4.78 is 0. The second-order valence-electron chi connectivity index (χ2n) is 3.83. The van der Waals surface area contributed by atoms with Crippen molar-refractivity contribution in [3.63, 3.8) is 0 Å². The van der Waals surface area contributed by atoms with E-state index in [0.717, 1.165) is 18.5 Å². The van der Waals surface area contributed by atoms with Gasteiger partial charge in [-0.3, -0.25) is 0 Å². The minimum Gasteiger partial charge on any atom is -0.508 e. The van der Waals surface area contributed by atoms with Crippen molar-refractivity contribution < 1.29 is 5.11 Å². The van der Waals surface area contributed by atoms with Gasteiger partial charge in [-0.1, -0.05) is 11.6 Å². The van der Waals surface area contributed by atoms with Gasteiger partial charge in [0.2, 0.25) is 0 Å². The predicted octanol–water partition coefficient (Wildman–Crippen LogP) is 3.44. The molecule has 2 aromatic rings. The molecule has 0 spiro atoms. The summed E-state index contributed by atoms with van der Waals surface area (Å²) in [5.41, 5.74) is 2.18. The van der Waals surface area contributed by atoms with Gasteiger partial charge in [0.1, 0.15) is 5.75 Å². The van der Waals surface area contributed by atoms with Crippen LogP contribution in [0.2, 0.25) is 5.02 Å². The molecule has 0 aliphatic heterocycles.